The second kappa shape index (κ2) is 3.26. The fourth-order valence-electron chi connectivity index (χ4n) is 4.77. The summed E-state index contributed by atoms with van der Waals surface area (Å²) in [5, 5.41) is 0. The van der Waals surface area contributed by atoms with Crippen molar-refractivity contribution in [3.8, 4) is 0 Å². The molecule has 0 unspecified atom stereocenters. The van der Waals surface area contributed by atoms with E-state index in [4.69, 9.17) is 2.84 Å². The minimum absolute atomic E-state index is 0.151. The summed E-state index contributed by atoms with van der Waals surface area (Å²) in [4.78, 5) is 0. The lowest BCUT2D eigenvalue weighted by molar-refractivity contribution is 0.0251. The molecule has 0 aromatic carbocycles. The highest BCUT2D eigenvalue weighted by Gasteiger charge is 2.51. The summed E-state index contributed by atoms with van der Waals surface area (Å²) in [5.41, 5.74) is 0. The number of rotatable bonds is 2. The maximum atomic E-state index is 5.70. The molecule has 3 heteroatoms. The Kier molecular flexibility index (Phi) is 2.33. The van der Waals surface area contributed by atoms with E-state index < -0.39 is 0 Å². The smallest absolute Gasteiger partial charge is 0.411 e. The molecule has 0 radical (unpaired) electrons. The van der Waals surface area contributed by atoms with Crippen LogP contribution in [0.5, 0.6) is 0 Å². The van der Waals surface area contributed by atoms with Gasteiger partial charge in [0.1, 0.15) is 0 Å². The zero-order chi connectivity index (χ0) is 8.89. The molecule has 0 spiro atoms. The topological polar surface area (TPSA) is 9.23 Å². The van der Waals surface area contributed by atoms with Crippen molar-refractivity contribution < 1.29 is 2.84 Å². The Labute approximate surface area is 95.4 Å². The second-order valence-corrected chi connectivity index (χ2v) is 9.95. The molecule has 0 aromatic rings. The van der Waals surface area contributed by atoms with Gasteiger partial charge in [-0.15, -0.1) is 0 Å². The van der Waals surface area contributed by atoms with Gasteiger partial charge in [-0.2, -0.15) is 0 Å². The van der Waals surface area contributed by atoms with Gasteiger partial charge in [-0.3, -0.25) is 0 Å². The van der Waals surface area contributed by atoms with E-state index in [0.717, 1.165) is 38.7 Å². The molecule has 0 N–H and O–H groups in total. The summed E-state index contributed by atoms with van der Waals surface area (Å²) < 4.78 is 6.51. The van der Waals surface area contributed by atoms with Crippen LogP contribution in [0.15, 0.2) is 0 Å². The quantitative estimate of drug-likeness (QED) is 0.621. The van der Waals surface area contributed by atoms with E-state index in [2.05, 4.69) is 0 Å². The first kappa shape index (κ1) is 9.27. The van der Waals surface area contributed by atoms with Crippen LogP contribution in [0.1, 0.15) is 38.5 Å². The van der Waals surface area contributed by atoms with Gasteiger partial charge in [-0.1, -0.05) is 19.3 Å². The van der Waals surface area contributed by atoms with Crippen molar-refractivity contribution in [2.75, 3.05) is 0 Å². The lowest BCUT2D eigenvalue weighted by atomic mass is 9.56. The Bertz CT molecular complexity index is 182. The minimum atomic E-state index is -0.151. The van der Waals surface area contributed by atoms with Gasteiger partial charge < -0.3 is 2.84 Å². The lowest BCUT2D eigenvalue weighted by Gasteiger charge is -2.56. The monoisotopic (exact) mass is 208 g/mol. The van der Waals surface area contributed by atoms with Gasteiger partial charge in [0.15, 0.2) is 0 Å². The van der Waals surface area contributed by atoms with E-state index in [-0.39, 0.29) is 15.6 Å². The van der Waals surface area contributed by atoms with Crippen molar-refractivity contribution in [1.29, 1.82) is 0 Å². The first-order valence-corrected chi connectivity index (χ1v) is 7.89. The summed E-state index contributed by atoms with van der Waals surface area (Å²) in [6, 6.07) is 0. The van der Waals surface area contributed by atoms with Gasteiger partial charge in [-0.05, 0) is 41.3 Å². The van der Waals surface area contributed by atoms with E-state index in [1.54, 1.807) is 38.5 Å². The number of hydrogen-bond acceptors (Lipinski definition) is 1. The zero-order valence-corrected chi connectivity index (χ0v) is 12.0. The summed E-state index contributed by atoms with van der Waals surface area (Å²) in [7, 11) is 0. The average Bonchev–Trinajstić information content (AvgIpc) is 2.00. The predicted octanol–water partition coefficient (Wildman–Crippen LogP) is 1.29. The largest absolute Gasteiger partial charge is 0.644 e. The van der Waals surface area contributed by atoms with Crippen LogP contribution in [0.25, 0.3) is 0 Å². The molecule has 4 aliphatic rings. The van der Waals surface area contributed by atoms with Gasteiger partial charge >= 0.3 is 32.2 Å². The minimum Gasteiger partial charge on any atom is -0.644 e. The normalized spacial score (nSPS) is 52.5. The Balaban J connectivity index is 1.83. The third-order valence-corrected chi connectivity index (χ3v) is 7.25. The fourth-order valence-corrected chi connectivity index (χ4v) is 8.80. The van der Waals surface area contributed by atoms with Crippen molar-refractivity contribution >= 4 is 32.2 Å². The standard InChI is InChI=1S/C10H15.2Al.O.3H/c1-7-2-9-4-8(1)5-10(3-7)6-9;;;;;;/h7-9H,1-6H2;;;;;;. The molecule has 4 fully saturated rings. The van der Waals surface area contributed by atoms with E-state index in [1.807, 2.05) is 0 Å². The van der Waals surface area contributed by atoms with Gasteiger partial charge in [0.2, 0.25) is 0 Å². The molecular weight excluding hydrogens is 190 g/mol. The van der Waals surface area contributed by atoms with Gasteiger partial charge in [0, 0.05) is 0 Å². The molecular formula is C10H18Al2O. The third kappa shape index (κ3) is 1.54. The summed E-state index contributed by atoms with van der Waals surface area (Å²) in [6.07, 6.45) is 9.42. The average molecular weight is 208 g/mol. The SMILES string of the molecule is [AlH2][O][AlH][C]12CC3CC(CC(C3)C1)C2. The molecule has 0 aliphatic heterocycles. The Morgan fingerprint density at radius 2 is 1.46 bits per heavy atom. The zero-order valence-electron chi connectivity index (χ0n) is 8.59. The molecule has 0 amide bonds. The van der Waals surface area contributed by atoms with Crippen molar-refractivity contribution in [2.24, 2.45) is 17.8 Å². The molecule has 0 heterocycles. The highest BCUT2D eigenvalue weighted by molar-refractivity contribution is 6.38. The maximum absolute atomic E-state index is 5.70. The lowest BCUT2D eigenvalue weighted by Crippen LogP contribution is -2.45. The van der Waals surface area contributed by atoms with Crippen LogP contribution in [-0.2, 0) is 2.84 Å². The number of hydrogen-bond donors (Lipinski definition) is 0. The van der Waals surface area contributed by atoms with Gasteiger partial charge in [0.05, 0.1) is 0 Å². The fraction of sp³-hybridized carbons (Fsp3) is 1.00. The Morgan fingerprint density at radius 1 is 1.00 bits per heavy atom. The van der Waals surface area contributed by atoms with Crippen molar-refractivity contribution in [2.45, 2.75) is 42.8 Å². The third-order valence-electron chi connectivity index (χ3n) is 4.62. The molecule has 4 bridgehead atoms. The summed E-state index contributed by atoms with van der Waals surface area (Å²) in [6.45, 7) is 0. The van der Waals surface area contributed by atoms with Crippen LogP contribution in [0, 0.1) is 17.8 Å². The van der Waals surface area contributed by atoms with E-state index in [9.17, 15) is 0 Å². The van der Waals surface area contributed by atoms with Crippen LogP contribution < -0.4 is 0 Å². The van der Waals surface area contributed by atoms with Gasteiger partial charge in [0.25, 0.3) is 0 Å². The van der Waals surface area contributed by atoms with Crippen LogP contribution in [0.4, 0.5) is 0 Å². The molecule has 4 rings (SSSR count). The van der Waals surface area contributed by atoms with E-state index in [1.165, 1.54) is 0 Å². The maximum Gasteiger partial charge on any atom is 0.411 e. The van der Waals surface area contributed by atoms with E-state index >= 15 is 0 Å². The van der Waals surface area contributed by atoms with Gasteiger partial charge in [-0.25, -0.2) is 0 Å². The summed E-state index contributed by atoms with van der Waals surface area (Å²) >= 11 is 0.846. The molecule has 0 aromatic heterocycles. The molecule has 0 saturated heterocycles. The molecule has 4 aliphatic carbocycles. The molecule has 4 saturated carbocycles. The first-order chi connectivity index (χ1) is 6.30. The molecule has 0 atom stereocenters. The summed E-state index contributed by atoms with van der Waals surface area (Å²) in [5.74, 6) is 3.36. The Hall–Kier alpha value is 1.02. The molecule has 1 nitrogen and oxygen atoms in total. The molecule has 70 valence electrons. The second-order valence-electron chi connectivity index (χ2n) is 5.85. The van der Waals surface area contributed by atoms with Crippen LogP contribution in [0.2, 0.25) is 4.28 Å². The van der Waals surface area contributed by atoms with Crippen molar-refractivity contribution in [3.63, 3.8) is 0 Å². The van der Waals surface area contributed by atoms with Crippen LogP contribution >= 0.6 is 0 Å². The molecule has 13 heavy (non-hydrogen) atoms. The van der Waals surface area contributed by atoms with Crippen LogP contribution in [-0.4, -0.2) is 32.2 Å². The van der Waals surface area contributed by atoms with Crippen molar-refractivity contribution in [3.05, 3.63) is 0 Å². The predicted molar refractivity (Wildman–Crippen MR) is 57.6 cm³/mol. The first-order valence-electron chi connectivity index (χ1n) is 5.79. The van der Waals surface area contributed by atoms with Crippen LogP contribution in [0.3, 0.4) is 0 Å². The van der Waals surface area contributed by atoms with Crippen molar-refractivity contribution in [1.82, 2.24) is 0 Å². The van der Waals surface area contributed by atoms with E-state index in [0.29, 0.717) is 0 Å². The highest BCUT2D eigenvalue weighted by Crippen LogP contribution is 2.63. The highest BCUT2D eigenvalue weighted by atomic mass is 27.2. The Morgan fingerprint density at radius 3 is 1.85 bits per heavy atom.